The molecule has 6 heteroatoms. The van der Waals surface area contributed by atoms with Crippen LogP contribution in [0.25, 0.3) is 0 Å². The lowest BCUT2D eigenvalue weighted by molar-refractivity contribution is -0.116. The van der Waals surface area contributed by atoms with Crippen LogP contribution < -0.4 is 15.5 Å². The summed E-state index contributed by atoms with van der Waals surface area (Å²) in [6.45, 7) is 8.43. The van der Waals surface area contributed by atoms with Crippen molar-refractivity contribution in [1.29, 1.82) is 0 Å². The second kappa shape index (κ2) is 8.07. The highest BCUT2D eigenvalue weighted by Gasteiger charge is 2.22. The Morgan fingerprint density at radius 2 is 1.72 bits per heavy atom. The average Bonchev–Trinajstić information content (AvgIpc) is 3.09. The molecule has 3 rings (SSSR count). The molecule has 3 amide bonds. The highest BCUT2D eigenvalue weighted by Crippen LogP contribution is 2.30. The van der Waals surface area contributed by atoms with E-state index in [0.29, 0.717) is 17.8 Å². The number of hydrogen-bond acceptors (Lipinski definition) is 3. The van der Waals surface area contributed by atoms with Crippen molar-refractivity contribution in [3.63, 3.8) is 0 Å². The smallest absolute Gasteiger partial charge is 0.251 e. The van der Waals surface area contributed by atoms with Gasteiger partial charge in [0.2, 0.25) is 11.8 Å². The van der Waals surface area contributed by atoms with E-state index in [4.69, 9.17) is 0 Å². The normalized spacial score (nSPS) is 13.0. The molecule has 29 heavy (non-hydrogen) atoms. The number of anilines is 2. The zero-order valence-electron chi connectivity index (χ0n) is 17.3. The van der Waals surface area contributed by atoms with Crippen molar-refractivity contribution in [3.8, 4) is 0 Å². The van der Waals surface area contributed by atoms with Crippen LogP contribution in [0.15, 0.2) is 42.5 Å². The van der Waals surface area contributed by atoms with E-state index >= 15 is 0 Å². The Labute approximate surface area is 171 Å². The summed E-state index contributed by atoms with van der Waals surface area (Å²) in [5.74, 6) is -0.573. The minimum absolute atomic E-state index is 0.0128. The van der Waals surface area contributed by atoms with E-state index in [2.05, 4.69) is 31.4 Å². The summed E-state index contributed by atoms with van der Waals surface area (Å²) < 4.78 is 0. The molecule has 0 spiro atoms. The maximum absolute atomic E-state index is 12.3. The van der Waals surface area contributed by atoms with Gasteiger partial charge < -0.3 is 15.5 Å². The third-order valence-electron chi connectivity index (χ3n) is 5.06. The topological polar surface area (TPSA) is 78.5 Å². The first-order valence-electron chi connectivity index (χ1n) is 9.75. The van der Waals surface area contributed by atoms with Crippen LogP contribution in [-0.2, 0) is 21.4 Å². The standard InChI is InChI=1S/C23H27N3O3/c1-15(27)26-12-11-17-13-19(9-10-20(17)26)25-21(28)14-24-22(29)16-5-7-18(8-6-16)23(2,3)4/h5-10,13H,11-12,14H2,1-4H3,(H,24,29)(H,25,28). The Morgan fingerprint density at radius 1 is 1.03 bits per heavy atom. The highest BCUT2D eigenvalue weighted by molar-refractivity contribution is 6.00. The predicted octanol–water partition coefficient (Wildman–Crippen LogP) is 3.26. The molecule has 0 bridgehead atoms. The molecule has 0 aliphatic carbocycles. The minimum atomic E-state index is -0.300. The fourth-order valence-corrected chi connectivity index (χ4v) is 3.40. The summed E-state index contributed by atoms with van der Waals surface area (Å²) in [4.78, 5) is 37.9. The first-order valence-corrected chi connectivity index (χ1v) is 9.75. The quantitative estimate of drug-likeness (QED) is 0.837. The van der Waals surface area contributed by atoms with Gasteiger partial charge in [-0.1, -0.05) is 32.9 Å². The van der Waals surface area contributed by atoms with E-state index in [1.165, 1.54) is 0 Å². The van der Waals surface area contributed by atoms with Gasteiger partial charge in [-0.2, -0.15) is 0 Å². The largest absolute Gasteiger partial charge is 0.343 e. The molecule has 6 nitrogen and oxygen atoms in total. The number of benzene rings is 2. The molecular weight excluding hydrogens is 366 g/mol. The summed E-state index contributed by atoms with van der Waals surface area (Å²) in [6, 6.07) is 12.9. The molecule has 2 aromatic carbocycles. The summed E-state index contributed by atoms with van der Waals surface area (Å²) in [5.41, 5.74) is 4.26. The molecule has 1 aliphatic heterocycles. The molecule has 0 saturated carbocycles. The zero-order chi connectivity index (χ0) is 21.2. The minimum Gasteiger partial charge on any atom is -0.343 e. The SMILES string of the molecule is CC(=O)N1CCc2cc(NC(=O)CNC(=O)c3ccc(C(C)(C)C)cc3)ccc21. The van der Waals surface area contributed by atoms with E-state index in [-0.39, 0.29) is 29.7 Å². The van der Waals surface area contributed by atoms with Crippen LogP contribution in [0.1, 0.15) is 49.2 Å². The monoisotopic (exact) mass is 393 g/mol. The number of carbonyl (C=O) groups excluding carboxylic acids is 3. The summed E-state index contributed by atoms with van der Waals surface area (Å²) in [7, 11) is 0. The van der Waals surface area contributed by atoms with Gasteiger partial charge in [0.05, 0.1) is 6.54 Å². The first-order chi connectivity index (χ1) is 13.6. The maximum atomic E-state index is 12.3. The van der Waals surface area contributed by atoms with E-state index in [0.717, 1.165) is 23.2 Å². The molecule has 0 radical (unpaired) electrons. The molecule has 0 fully saturated rings. The van der Waals surface area contributed by atoms with E-state index in [1.54, 1.807) is 30.0 Å². The summed E-state index contributed by atoms with van der Waals surface area (Å²) in [6.07, 6.45) is 0.764. The second-order valence-electron chi connectivity index (χ2n) is 8.32. The molecule has 2 N–H and O–H groups in total. The van der Waals surface area contributed by atoms with Gasteiger partial charge in [-0.3, -0.25) is 14.4 Å². The molecular formula is C23H27N3O3. The highest BCUT2D eigenvalue weighted by atomic mass is 16.2. The van der Waals surface area contributed by atoms with Crippen LogP contribution in [-0.4, -0.2) is 30.8 Å². The molecule has 0 saturated heterocycles. The van der Waals surface area contributed by atoms with Gasteiger partial charge in [-0.25, -0.2) is 0 Å². The fraction of sp³-hybridized carbons (Fsp3) is 0.348. The van der Waals surface area contributed by atoms with Crippen LogP contribution in [0.2, 0.25) is 0 Å². The lowest BCUT2D eigenvalue weighted by atomic mass is 9.87. The van der Waals surface area contributed by atoms with E-state index < -0.39 is 0 Å². The van der Waals surface area contributed by atoms with Crippen molar-refractivity contribution in [2.75, 3.05) is 23.3 Å². The molecule has 0 unspecified atom stereocenters. The van der Waals surface area contributed by atoms with Gasteiger partial charge in [-0.05, 0) is 53.3 Å². The molecule has 2 aromatic rings. The van der Waals surface area contributed by atoms with Gasteiger partial charge in [0, 0.05) is 30.4 Å². The van der Waals surface area contributed by atoms with E-state index in [9.17, 15) is 14.4 Å². The third-order valence-corrected chi connectivity index (χ3v) is 5.06. The van der Waals surface area contributed by atoms with Crippen LogP contribution in [0, 0.1) is 0 Å². The Hall–Kier alpha value is -3.15. The lowest BCUT2D eigenvalue weighted by Crippen LogP contribution is -2.32. The van der Waals surface area contributed by atoms with Crippen molar-refractivity contribution in [2.24, 2.45) is 0 Å². The summed E-state index contributed by atoms with van der Waals surface area (Å²) >= 11 is 0. The van der Waals surface area contributed by atoms with Crippen molar-refractivity contribution >= 4 is 29.1 Å². The lowest BCUT2D eigenvalue weighted by Gasteiger charge is -2.19. The first kappa shape index (κ1) is 20.6. The van der Waals surface area contributed by atoms with Crippen LogP contribution >= 0.6 is 0 Å². The Bertz CT molecular complexity index is 943. The molecule has 0 atom stereocenters. The van der Waals surface area contributed by atoms with Gasteiger partial charge in [0.25, 0.3) is 5.91 Å². The number of rotatable bonds is 4. The van der Waals surface area contributed by atoms with Gasteiger partial charge in [-0.15, -0.1) is 0 Å². The van der Waals surface area contributed by atoms with Crippen LogP contribution in [0.4, 0.5) is 11.4 Å². The van der Waals surface area contributed by atoms with Crippen LogP contribution in [0.3, 0.4) is 0 Å². The second-order valence-corrected chi connectivity index (χ2v) is 8.32. The maximum Gasteiger partial charge on any atom is 0.251 e. The third kappa shape index (κ3) is 4.83. The predicted molar refractivity (Wildman–Crippen MR) is 114 cm³/mol. The van der Waals surface area contributed by atoms with Crippen molar-refractivity contribution < 1.29 is 14.4 Å². The molecule has 1 aliphatic rings. The van der Waals surface area contributed by atoms with E-state index in [1.807, 2.05) is 24.3 Å². The van der Waals surface area contributed by atoms with Crippen molar-refractivity contribution in [1.82, 2.24) is 5.32 Å². The Morgan fingerprint density at radius 3 is 2.34 bits per heavy atom. The fourth-order valence-electron chi connectivity index (χ4n) is 3.40. The number of hydrogen-bond donors (Lipinski definition) is 2. The van der Waals surface area contributed by atoms with Crippen molar-refractivity contribution in [2.45, 2.75) is 39.5 Å². The summed E-state index contributed by atoms with van der Waals surface area (Å²) in [5, 5.41) is 5.44. The number of carbonyl (C=O) groups is 3. The van der Waals surface area contributed by atoms with Gasteiger partial charge in [0.1, 0.15) is 0 Å². The Balaban J connectivity index is 1.55. The number of fused-ring (bicyclic) bond motifs is 1. The number of nitrogens with one attached hydrogen (secondary N) is 2. The van der Waals surface area contributed by atoms with Gasteiger partial charge in [0.15, 0.2) is 0 Å². The molecule has 152 valence electrons. The molecule has 0 aromatic heterocycles. The number of nitrogens with zero attached hydrogens (tertiary/aromatic N) is 1. The Kier molecular flexibility index (Phi) is 5.73. The van der Waals surface area contributed by atoms with Gasteiger partial charge >= 0.3 is 0 Å². The zero-order valence-corrected chi connectivity index (χ0v) is 17.3. The number of amides is 3. The van der Waals surface area contributed by atoms with Crippen LogP contribution in [0.5, 0.6) is 0 Å². The van der Waals surface area contributed by atoms with Crippen molar-refractivity contribution in [3.05, 3.63) is 59.2 Å². The average molecular weight is 393 g/mol. The molecule has 1 heterocycles.